The van der Waals surface area contributed by atoms with E-state index in [2.05, 4.69) is 15.4 Å². The maximum absolute atomic E-state index is 12.9. The van der Waals surface area contributed by atoms with Crippen molar-refractivity contribution in [2.75, 3.05) is 0 Å². The van der Waals surface area contributed by atoms with Crippen LogP contribution in [-0.4, -0.2) is 20.2 Å². The van der Waals surface area contributed by atoms with Crippen LogP contribution in [0, 0.1) is 0 Å². The lowest BCUT2D eigenvalue weighted by atomic mass is 10.0. The summed E-state index contributed by atoms with van der Waals surface area (Å²) in [7, 11) is 0. The van der Waals surface area contributed by atoms with Crippen molar-refractivity contribution >= 4 is 0 Å². The molecule has 0 amide bonds. The van der Waals surface area contributed by atoms with Gasteiger partial charge in [-0.15, -0.1) is 10.2 Å². The van der Waals surface area contributed by atoms with Gasteiger partial charge in [0.1, 0.15) is 0 Å². The zero-order valence-corrected chi connectivity index (χ0v) is 12.9. The maximum atomic E-state index is 12.9. The Labute approximate surface area is 143 Å². The summed E-state index contributed by atoms with van der Waals surface area (Å²) in [4.78, 5) is 1.10. The number of hydrogen-bond acceptors (Lipinski definition) is 3. The van der Waals surface area contributed by atoms with Gasteiger partial charge in [0.25, 0.3) is 0 Å². The molecule has 0 bridgehead atoms. The van der Waals surface area contributed by atoms with Crippen molar-refractivity contribution in [1.29, 1.82) is 0 Å². The third kappa shape index (κ3) is 4.01. The van der Waals surface area contributed by atoms with Gasteiger partial charge in [0, 0.05) is 5.56 Å². The minimum Gasteiger partial charge on any atom is -0.166 e. The summed E-state index contributed by atoms with van der Waals surface area (Å²) in [5.74, 6) is -0.322. The predicted octanol–water partition coefficient (Wildman–Crippen LogP) is 4.43. The topological polar surface area (TPSA) is 43.6 Å². The summed E-state index contributed by atoms with van der Waals surface area (Å²) in [6.45, 7) is 0.179. The Bertz CT molecular complexity index is 867. The molecule has 26 heavy (non-hydrogen) atoms. The average Bonchev–Trinajstić information content (AvgIpc) is 3.02. The smallest absolute Gasteiger partial charge is 0.166 e. The van der Waals surface area contributed by atoms with E-state index in [0.717, 1.165) is 10.4 Å². The van der Waals surface area contributed by atoms with Crippen LogP contribution in [0.3, 0.4) is 0 Å². The Morgan fingerprint density at radius 1 is 0.808 bits per heavy atom. The largest absolute Gasteiger partial charge is 0.416 e. The van der Waals surface area contributed by atoms with E-state index in [1.54, 1.807) is 30.3 Å². The molecule has 0 aliphatic rings. The zero-order chi connectivity index (χ0) is 18.9. The molecule has 0 aliphatic carbocycles. The monoisotopic (exact) mass is 372 g/mol. The first-order valence-electron chi connectivity index (χ1n) is 7.24. The Kier molecular flexibility index (Phi) is 4.43. The van der Waals surface area contributed by atoms with Gasteiger partial charge in [-0.25, -0.2) is 0 Å². The molecule has 4 nitrogen and oxygen atoms in total. The van der Waals surface area contributed by atoms with Gasteiger partial charge in [0.2, 0.25) is 5.82 Å². The number of rotatable bonds is 3. The van der Waals surface area contributed by atoms with E-state index >= 15 is 0 Å². The van der Waals surface area contributed by atoms with Gasteiger partial charge in [-0.05, 0) is 29.0 Å². The Hall–Kier alpha value is -2.91. The summed E-state index contributed by atoms with van der Waals surface area (Å²) >= 11 is 0. The van der Waals surface area contributed by atoms with E-state index < -0.39 is 29.0 Å². The Morgan fingerprint density at radius 2 is 1.38 bits per heavy atom. The van der Waals surface area contributed by atoms with Crippen molar-refractivity contribution in [1.82, 2.24) is 20.2 Å². The van der Waals surface area contributed by atoms with E-state index in [-0.39, 0.29) is 18.4 Å². The fraction of sp³-hybridized carbons (Fsp3) is 0.188. The van der Waals surface area contributed by atoms with Gasteiger partial charge in [-0.2, -0.15) is 31.1 Å². The molecule has 3 rings (SSSR count). The summed E-state index contributed by atoms with van der Waals surface area (Å²) in [6.07, 6.45) is -9.87. The molecular formula is C16H10F6N4. The van der Waals surface area contributed by atoms with Gasteiger partial charge < -0.3 is 0 Å². The predicted molar refractivity (Wildman–Crippen MR) is 78.8 cm³/mol. The van der Waals surface area contributed by atoms with E-state index in [9.17, 15) is 26.3 Å². The SMILES string of the molecule is FC(F)(F)c1cc(-c2nnn(Cc3ccccc3)n2)cc(C(F)(F)F)c1. The fourth-order valence-electron chi connectivity index (χ4n) is 2.26. The van der Waals surface area contributed by atoms with Crippen LogP contribution in [0.2, 0.25) is 0 Å². The Morgan fingerprint density at radius 3 is 1.92 bits per heavy atom. The number of halogens is 6. The minimum absolute atomic E-state index is 0.0535. The summed E-state index contributed by atoms with van der Waals surface area (Å²) in [5, 5.41) is 11.1. The van der Waals surface area contributed by atoms with Crippen LogP contribution < -0.4 is 0 Å². The van der Waals surface area contributed by atoms with Crippen LogP contribution in [0.25, 0.3) is 11.4 Å². The van der Waals surface area contributed by atoms with Gasteiger partial charge in [0.05, 0.1) is 17.7 Å². The lowest BCUT2D eigenvalue weighted by Crippen LogP contribution is -2.11. The molecule has 0 N–H and O–H groups in total. The standard InChI is InChI=1S/C16H10F6N4/c17-15(18,19)12-6-11(7-13(8-12)16(20,21)22)14-23-25-26(24-14)9-10-4-2-1-3-5-10/h1-8H,9H2. The zero-order valence-electron chi connectivity index (χ0n) is 12.9. The lowest BCUT2D eigenvalue weighted by Gasteiger charge is -2.12. The van der Waals surface area contributed by atoms with Crippen LogP contribution in [0.1, 0.15) is 16.7 Å². The molecule has 0 spiro atoms. The molecule has 3 aromatic rings. The van der Waals surface area contributed by atoms with E-state index in [4.69, 9.17) is 0 Å². The number of aromatic nitrogens is 4. The third-order valence-corrected chi connectivity index (χ3v) is 3.47. The third-order valence-electron chi connectivity index (χ3n) is 3.47. The van der Waals surface area contributed by atoms with Gasteiger partial charge in [0.15, 0.2) is 0 Å². The number of benzene rings is 2. The molecule has 0 saturated heterocycles. The average molecular weight is 372 g/mol. The fourth-order valence-corrected chi connectivity index (χ4v) is 2.26. The Balaban J connectivity index is 1.98. The molecule has 0 aliphatic heterocycles. The highest BCUT2D eigenvalue weighted by Gasteiger charge is 2.37. The maximum Gasteiger partial charge on any atom is 0.416 e. The quantitative estimate of drug-likeness (QED) is 0.639. The van der Waals surface area contributed by atoms with Gasteiger partial charge in [-0.3, -0.25) is 0 Å². The summed E-state index contributed by atoms with van der Waals surface area (Å²) < 4.78 is 77.5. The normalized spacial score (nSPS) is 12.4. The number of alkyl halides is 6. The lowest BCUT2D eigenvalue weighted by molar-refractivity contribution is -0.143. The van der Waals surface area contributed by atoms with E-state index in [0.29, 0.717) is 12.1 Å². The molecule has 0 atom stereocenters. The second-order valence-corrected chi connectivity index (χ2v) is 5.42. The molecule has 1 heterocycles. The summed E-state index contributed by atoms with van der Waals surface area (Å²) in [5.41, 5.74) is -2.47. The van der Waals surface area contributed by atoms with Crippen molar-refractivity contribution < 1.29 is 26.3 Å². The van der Waals surface area contributed by atoms with E-state index in [1.165, 1.54) is 0 Å². The first kappa shape index (κ1) is 17.9. The van der Waals surface area contributed by atoms with Gasteiger partial charge in [-0.1, -0.05) is 30.3 Å². The molecule has 10 heteroatoms. The van der Waals surface area contributed by atoms with Crippen molar-refractivity contribution in [2.45, 2.75) is 18.9 Å². The molecule has 1 aromatic heterocycles. The first-order valence-corrected chi connectivity index (χ1v) is 7.24. The highest BCUT2D eigenvalue weighted by molar-refractivity contribution is 5.57. The molecular weight excluding hydrogens is 362 g/mol. The number of hydrogen-bond donors (Lipinski definition) is 0. The first-order chi connectivity index (χ1) is 12.1. The van der Waals surface area contributed by atoms with Crippen LogP contribution in [-0.2, 0) is 18.9 Å². The van der Waals surface area contributed by atoms with Crippen LogP contribution in [0.5, 0.6) is 0 Å². The molecule has 0 saturated carbocycles. The van der Waals surface area contributed by atoms with Crippen LogP contribution in [0.4, 0.5) is 26.3 Å². The van der Waals surface area contributed by atoms with Crippen LogP contribution in [0.15, 0.2) is 48.5 Å². The minimum atomic E-state index is -4.93. The van der Waals surface area contributed by atoms with Crippen molar-refractivity contribution in [3.63, 3.8) is 0 Å². The number of tetrazole rings is 1. The highest BCUT2D eigenvalue weighted by Crippen LogP contribution is 2.37. The molecule has 0 unspecified atom stereocenters. The molecule has 2 aromatic carbocycles. The van der Waals surface area contributed by atoms with Crippen molar-refractivity contribution in [3.8, 4) is 11.4 Å². The van der Waals surface area contributed by atoms with Crippen molar-refractivity contribution in [2.24, 2.45) is 0 Å². The second kappa shape index (κ2) is 6.43. The molecule has 0 fully saturated rings. The van der Waals surface area contributed by atoms with Crippen LogP contribution >= 0.6 is 0 Å². The van der Waals surface area contributed by atoms with E-state index in [1.807, 2.05) is 0 Å². The summed E-state index contributed by atoms with van der Waals surface area (Å²) in [6, 6.07) is 10.1. The van der Waals surface area contributed by atoms with Gasteiger partial charge >= 0.3 is 12.4 Å². The van der Waals surface area contributed by atoms with Crippen molar-refractivity contribution in [3.05, 3.63) is 65.2 Å². The highest BCUT2D eigenvalue weighted by atomic mass is 19.4. The molecule has 136 valence electrons. The number of nitrogens with zero attached hydrogens (tertiary/aromatic N) is 4. The molecule has 0 radical (unpaired) electrons. The second-order valence-electron chi connectivity index (χ2n) is 5.42.